The number of hydrogen-bond acceptors (Lipinski definition) is 3. The van der Waals surface area contributed by atoms with Crippen molar-refractivity contribution < 1.29 is 0 Å². The van der Waals surface area contributed by atoms with Gasteiger partial charge in [-0.3, -0.25) is 10.00 Å². The summed E-state index contributed by atoms with van der Waals surface area (Å²) in [7, 11) is 0. The molecule has 18 heavy (non-hydrogen) atoms. The van der Waals surface area contributed by atoms with Crippen molar-refractivity contribution in [2.24, 2.45) is 5.73 Å². The van der Waals surface area contributed by atoms with E-state index in [0.29, 0.717) is 6.04 Å². The highest BCUT2D eigenvalue weighted by Gasteiger charge is 2.24. The average Bonchev–Trinajstić information content (AvgIpc) is 2.83. The number of nitrogens with zero attached hydrogens (tertiary/aromatic N) is 2. The number of rotatable bonds is 3. The normalized spacial score (nSPS) is 25.1. The number of H-pyrrole nitrogens is 1. The fourth-order valence-corrected chi connectivity index (χ4v) is 3.41. The maximum absolute atomic E-state index is 5.89. The van der Waals surface area contributed by atoms with Gasteiger partial charge >= 0.3 is 0 Å². The zero-order chi connectivity index (χ0) is 12.4. The Balaban J connectivity index is 1.73. The molecule has 1 saturated heterocycles. The minimum Gasteiger partial charge on any atom is -0.329 e. The van der Waals surface area contributed by atoms with Crippen molar-refractivity contribution in [3.05, 3.63) is 17.0 Å². The monoisotopic (exact) mass is 248 g/mol. The first-order chi connectivity index (χ1) is 8.88. The number of piperidine rings is 1. The molecule has 1 fully saturated rings. The van der Waals surface area contributed by atoms with Gasteiger partial charge in [0.1, 0.15) is 0 Å². The van der Waals surface area contributed by atoms with Gasteiger partial charge in [-0.05, 0) is 50.6 Å². The van der Waals surface area contributed by atoms with Gasteiger partial charge in [0.25, 0.3) is 0 Å². The smallest absolute Gasteiger partial charge is 0.0797 e. The van der Waals surface area contributed by atoms with Gasteiger partial charge in [0.15, 0.2) is 0 Å². The van der Waals surface area contributed by atoms with E-state index in [0.717, 1.165) is 13.1 Å². The highest BCUT2D eigenvalue weighted by Crippen LogP contribution is 2.25. The lowest BCUT2D eigenvalue weighted by Gasteiger charge is -2.34. The van der Waals surface area contributed by atoms with Gasteiger partial charge in [-0.1, -0.05) is 6.42 Å². The molecule has 0 saturated carbocycles. The van der Waals surface area contributed by atoms with Crippen LogP contribution in [0.4, 0.5) is 0 Å². The minimum atomic E-state index is 0.565. The van der Waals surface area contributed by atoms with E-state index in [2.05, 4.69) is 15.1 Å². The molecule has 0 amide bonds. The van der Waals surface area contributed by atoms with Crippen molar-refractivity contribution in [3.63, 3.8) is 0 Å². The lowest BCUT2D eigenvalue weighted by molar-refractivity contribution is 0.142. The summed E-state index contributed by atoms with van der Waals surface area (Å²) in [5.41, 5.74) is 10.1. The quantitative estimate of drug-likeness (QED) is 0.854. The van der Waals surface area contributed by atoms with Crippen LogP contribution in [0.3, 0.4) is 0 Å². The lowest BCUT2D eigenvalue weighted by Crippen LogP contribution is -2.43. The van der Waals surface area contributed by atoms with Crippen LogP contribution < -0.4 is 5.73 Å². The summed E-state index contributed by atoms with van der Waals surface area (Å²) in [5.74, 6) is 0. The fraction of sp³-hybridized carbons (Fsp3) is 0.786. The molecule has 2 aliphatic rings. The molecule has 4 heteroatoms. The number of likely N-dealkylation sites (tertiary alicyclic amines) is 1. The second kappa shape index (κ2) is 5.41. The summed E-state index contributed by atoms with van der Waals surface area (Å²) in [6.45, 7) is 2.96. The Labute approximate surface area is 109 Å². The van der Waals surface area contributed by atoms with Crippen LogP contribution >= 0.6 is 0 Å². The lowest BCUT2D eigenvalue weighted by atomic mass is 9.95. The second-order valence-electron chi connectivity index (χ2n) is 5.69. The molecule has 3 N–H and O–H groups in total. The van der Waals surface area contributed by atoms with Gasteiger partial charge < -0.3 is 5.73 Å². The van der Waals surface area contributed by atoms with Crippen LogP contribution in [0.15, 0.2) is 0 Å². The Morgan fingerprint density at radius 3 is 3.00 bits per heavy atom. The SMILES string of the molecule is NC[C@@H]1CCCCN1Cc1n[nH]c2c1CCCC2. The maximum atomic E-state index is 5.89. The zero-order valence-electron chi connectivity index (χ0n) is 11.1. The molecule has 0 aromatic carbocycles. The highest BCUT2D eigenvalue weighted by atomic mass is 15.2. The predicted molar refractivity (Wildman–Crippen MR) is 72.3 cm³/mol. The van der Waals surface area contributed by atoms with Crippen molar-refractivity contribution in [3.8, 4) is 0 Å². The van der Waals surface area contributed by atoms with Crippen molar-refractivity contribution in [1.82, 2.24) is 15.1 Å². The van der Waals surface area contributed by atoms with Gasteiger partial charge in [-0.15, -0.1) is 0 Å². The number of aromatic amines is 1. The van der Waals surface area contributed by atoms with Crippen molar-refractivity contribution in [2.45, 2.75) is 57.5 Å². The van der Waals surface area contributed by atoms with Gasteiger partial charge in [0.2, 0.25) is 0 Å². The maximum Gasteiger partial charge on any atom is 0.0797 e. The molecular formula is C14H24N4. The van der Waals surface area contributed by atoms with E-state index < -0.39 is 0 Å². The molecule has 1 aromatic heterocycles. The molecule has 100 valence electrons. The highest BCUT2D eigenvalue weighted by molar-refractivity contribution is 5.27. The molecule has 0 unspecified atom stereocenters. The van der Waals surface area contributed by atoms with Gasteiger partial charge in [-0.25, -0.2) is 0 Å². The summed E-state index contributed by atoms with van der Waals surface area (Å²) in [5, 5.41) is 7.79. The number of aromatic nitrogens is 2. The standard InChI is InChI=1S/C14H24N4/c15-9-11-5-3-4-8-18(11)10-14-12-6-1-2-7-13(12)16-17-14/h11H,1-10,15H2,(H,16,17)/t11-/m0/s1. The van der Waals surface area contributed by atoms with Crippen LogP contribution in [0.2, 0.25) is 0 Å². The van der Waals surface area contributed by atoms with Crippen molar-refractivity contribution in [1.29, 1.82) is 0 Å². The summed E-state index contributed by atoms with van der Waals surface area (Å²) < 4.78 is 0. The largest absolute Gasteiger partial charge is 0.329 e. The molecule has 3 rings (SSSR count). The molecule has 0 radical (unpaired) electrons. The number of hydrogen-bond donors (Lipinski definition) is 2. The molecule has 0 bridgehead atoms. The Hall–Kier alpha value is -0.870. The zero-order valence-corrected chi connectivity index (χ0v) is 11.1. The van der Waals surface area contributed by atoms with Crippen molar-refractivity contribution >= 4 is 0 Å². The van der Waals surface area contributed by atoms with Gasteiger partial charge in [0, 0.05) is 24.8 Å². The van der Waals surface area contributed by atoms with Gasteiger partial charge in [-0.2, -0.15) is 5.10 Å². The summed E-state index contributed by atoms with van der Waals surface area (Å²) >= 11 is 0. The summed E-state index contributed by atoms with van der Waals surface area (Å²) in [6.07, 6.45) is 8.91. The second-order valence-corrected chi connectivity index (χ2v) is 5.69. The fourth-order valence-electron chi connectivity index (χ4n) is 3.41. The van der Waals surface area contributed by atoms with Crippen molar-refractivity contribution in [2.75, 3.05) is 13.1 Å². The Morgan fingerprint density at radius 1 is 1.22 bits per heavy atom. The molecule has 1 atom stereocenters. The van der Waals surface area contributed by atoms with Crippen LogP contribution in [0, 0.1) is 0 Å². The molecular weight excluding hydrogens is 224 g/mol. The van der Waals surface area contributed by atoms with E-state index in [9.17, 15) is 0 Å². The number of fused-ring (bicyclic) bond motifs is 1. The van der Waals surface area contributed by atoms with E-state index >= 15 is 0 Å². The minimum absolute atomic E-state index is 0.565. The number of nitrogens with one attached hydrogen (secondary N) is 1. The Kier molecular flexibility index (Phi) is 3.66. The van der Waals surface area contributed by atoms with Crippen LogP contribution in [0.25, 0.3) is 0 Å². The third-order valence-electron chi connectivity index (χ3n) is 4.52. The molecule has 0 spiro atoms. The molecule has 1 aliphatic carbocycles. The van der Waals surface area contributed by atoms with E-state index in [1.807, 2.05) is 0 Å². The molecule has 1 aliphatic heterocycles. The van der Waals surface area contributed by atoms with Crippen LogP contribution in [0.5, 0.6) is 0 Å². The molecule has 1 aromatic rings. The third-order valence-corrected chi connectivity index (χ3v) is 4.52. The summed E-state index contributed by atoms with van der Waals surface area (Å²) in [6, 6.07) is 0.565. The number of nitrogens with two attached hydrogens (primary N) is 1. The Morgan fingerprint density at radius 2 is 2.11 bits per heavy atom. The average molecular weight is 248 g/mol. The third kappa shape index (κ3) is 2.31. The van der Waals surface area contributed by atoms with Gasteiger partial charge in [0.05, 0.1) is 5.69 Å². The number of aryl methyl sites for hydroxylation is 1. The van der Waals surface area contributed by atoms with Crippen LogP contribution in [-0.4, -0.2) is 34.2 Å². The van der Waals surface area contributed by atoms with Crippen LogP contribution in [0.1, 0.15) is 49.1 Å². The van der Waals surface area contributed by atoms with Crippen LogP contribution in [-0.2, 0) is 19.4 Å². The predicted octanol–water partition coefficient (Wildman–Crippen LogP) is 1.60. The summed E-state index contributed by atoms with van der Waals surface area (Å²) in [4.78, 5) is 2.54. The van der Waals surface area contributed by atoms with E-state index in [1.165, 1.54) is 68.4 Å². The Bertz CT molecular complexity index is 398. The van der Waals surface area contributed by atoms with E-state index in [4.69, 9.17) is 5.73 Å². The van der Waals surface area contributed by atoms with E-state index in [-0.39, 0.29) is 0 Å². The molecule has 4 nitrogen and oxygen atoms in total. The first-order valence-corrected chi connectivity index (χ1v) is 7.37. The first-order valence-electron chi connectivity index (χ1n) is 7.37. The first kappa shape index (κ1) is 12.2. The molecule has 2 heterocycles. The topological polar surface area (TPSA) is 57.9 Å². The van der Waals surface area contributed by atoms with E-state index in [1.54, 1.807) is 0 Å².